The standard InChI is InChI=1S/C27H30N8O/c1-4-26(36)33-23-14-21(16-29-17-23)24-7-5-6-20(15-28-2)27(24)32-19-31-22-8-9-25(30-18-22)35-12-10-34(3)11-13-35/h4-9,14-18,31H,1-2,10-13,19H2,3H3,(H,33,36)/b20-15-,32-27?. The minimum absolute atomic E-state index is 0.298. The Morgan fingerprint density at radius 1 is 1.17 bits per heavy atom. The summed E-state index contributed by atoms with van der Waals surface area (Å²) < 4.78 is 0. The smallest absolute Gasteiger partial charge is 0.247 e. The van der Waals surface area contributed by atoms with Crippen LogP contribution in [0.3, 0.4) is 0 Å². The van der Waals surface area contributed by atoms with Crippen LogP contribution in [0.2, 0.25) is 0 Å². The quantitative estimate of drug-likeness (QED) is 0.442. The third kappa shape index (κ3) is 6.19. The molecule has 0 radical (unpaired) electrons. The topological polar surface area (TPSA) is 98.1 Å². The summed E-state index contributed by atoms with van der Waals surface area (Å²) in [7, 11) is 2.14. The molecule has 9 heteroatoms. The van der Waals surface area contributed by atoms with Crippen LogP contribution in [0.15, 0.2) is 89.4 Å². The van der Waals surface area contributed by atoms with Gasteiger partial charge in [-0.15, -0.1) is 0 Å². The largest absolute Gasteiger partial charge is 0.365 e. The number of likely N-dealkylation sites (N-methyl/N-ethyl adjacent to an activating group) is 1. The van der Waals surface area contributed by atoms with Crippen LogP contribution in [0.25, 0.3) is 5.57 Å². The van der Waals surface area contributed by atoms with Crippen molar-refractivity contribution in [2.24, 2.45) is 9.98 Å². The molecule has 2 N–H and O–H groups in total. The number of allylic oxidation sites excluding steroid dienone is 5. The second-order valence-corrected chi connectivity index (χ2v) is 8.40. The predicted octanol–water partition coefficient (Wildman–Crippen LogP) is 3.40. The van der Waals surface area contributed by atoms with E-state index in [9.17, 15) is 4.79 Å². The fraction of sp³-hybridized carbons (Fsp3) is 0.222. The van der Waals surface area contributed by atoms with Gasteiger partial charge in [0.2, 0.25) is 5.91 Å². The molecule has 1 aliphatic heterocycles. The van der Waals surface area contributed by atoms with Crippen molar-refractivity contribution in [2.75, 3.05) is 55.4 Å². The summed E-state index contributed by atoms with van der Waals surface area (Å²) in [5.41, 5.74) is 4.70. The Balaban J connectivity index is 1.49. The maximum atomic E-state index is 11.7. The minimum Gasteiger partial charge on any atom is -0.365 e. The summed E-state index contributed by atoms with van der Waals surface area (Å²) >= 11 is 0. The number of piperazine rings is 1. The third-order valence-electron chi connectivity index (χ3n) is 5.90. The first-order valence-electron chi connectivity index (χ1n) is 11.7. The van der Waals surface area contributed by atoms with Gasteiger partial charge in [-0.25, -0.2) is 4.98 Å². The van der Waals surface area contributed by atoms with Gasteiger partial charge in [0.05, 0.1) is 29.5 Å². The number of nitrogens with zero attached hydrogens (tertiary/aromatic N) is 6. The summed E-state index contributed by atoms with van der Waals surface area (Å²) in [6.07, 6.45) is 13.9. The van der Waals surface area contributed by atoms with Crippen molar-refractivity contribution < 1.29 is 4.79 Å². The molecule has 184 valence electrons. The van der Waals surface area contributed by atoms with Gasteiger partial charge in [0.15, 0.2) is 0 Å². The highest BCUT2D eigenvalue weighted by Crippen LogP contribution is 2.26. The monoisotopic (exact) mass is 482 g/mol. The van der Waals surface area contributed by atoms with E-state index in [2.05, 4.69) is 55.7 Å². The van der Waals surface area contributed by atoms with Gasteiger partial charge in [-0.1, -0.05) is 24.8 Å². The molecule has 36 heavy (non-hydrogen) atoms. The van der Waals surface area contributed by atoms with Gasteiger partial charge in [0.1, 0.15) is 12.5 Å². The van der Waals surface area contributed by atoms with Gasteiger partial charge in [-0.2, -0.15) is 0 Å². The number of rotatable bonds is 8. The van der Waals surface area contributed by atoms with Crippen molar-refractivity contribution in [1.29, 1.82) is 0 Å². The molecule has 0 spiro atoms. The van der Waals surface area contributed by atoms with Gasteiger partial charge < -0.3 is 20.4 Å². The van der Waals surface area contributed by atoms with E-state index in [0.29, 0.717) is 12.4 Å². The Hall–Kier alpha value is -4.37. The first-order chi connectivity index (χ1) is 17.6. The van der Waals surface area contributed by atoms with Crippen LogP contribution in [-0.4, -0.2) is 73.1 Å². The van der Waals surface area contributed by atoms with E-state index >= 15 is 0 Å². The first-order valence-corrected chi connectivity index (χ1v) is 11.7. The fourth-order valence-corrected chi connectivity index (χ4v) is 3.95. The number of carbonyl (C=O) groups is 1. The number of carbonyl (C=O) groups excluding carboxylic acids is 1. The molecule has 9 nitrogen and oxygen atoms in total. The molecule has 3 heterocycles. The highest BCUT2D eigenvalue weighted by Gasteiger charge is 2.17. The minimum atomic E-state index is -0.298. The summed E-state index contributed by atoms with van der Waals surface area (Å²) in [6, 6.07) is 5.91. The van der Waals surface area contributed by atoms with Crippen molar-refractivity contribution in [3.8, 4) is 0 Å². The van der Waals surface area contributed by atoms with E-state index in [1.54, 1.807) is 18.6 Å². The number of pyridine rings is 2. The van der Waals surface area contributed by atoms with E-state index in [1.807, 2.05) is 42.6 Å². The second kappa shape index (κ2) is 11.9. The molecule has 0 unspecified atom stereocenters. The zero-order chi connectivity index (χ0) is 25.3. The van der Waals surface area contributed by atoms with Crippen molar-refractivity contribution in [3.05, 3.63) is 85.0 Å². The number of aromatic nitrogens is 2. The van der Waals surface area contributed by atoms with Gasteiger partial charge in [-0.05, 0) is 38.0 Å². The Morgan fingerprint density at radius 2 is 2.00 bits per heavy atom. The average Bonchev–Trinajstić information content (AvgIpc) is 2.90. The van der Waals surface area contributed by atoms with Gasteiger partial charge >= 0.3 is 0 Å². The normalized spacial score (nSPS) is 18.1. The molecule has 0 bridgehead atoms. The highest BCUT2D eigenvalue weighted by molar-refractivity contribution is 6.34. The van der Waals surface area contributed by atoms with Crippen molar-refractivity contribution >= 4 is 41.1 Å². The SMILES string of the molecule is C=CC(=O)Nc1cncc(C2=CC=C/C(=C/N=C)C2=NCNc2ccc(N3CCN(C)CC3)nc2)c1. The van der Waals surface area contributed by atoms with E-state index in [-0.39, 0.29) is 5.91 Å². The van der Waals surface area contributed by atoms with Crippen molar-refractivity contribution in [2.45, 2.75) is 0 Å². The lowest BCUT2D eigenvalue weighted by Gasteiger charge is -2.33. The summed E-state index contributed by atoms with van der Waals surface area (Å²) in [6.45, 7) is 11.5. The number of nitrogens with one attached hydrogen (secondary N) is 2. The number of anilines is 3. The fourth-order valence-electron chi connectivity index (χ4n) is 3.95. The lowest BCUT2D eigenvalue weighted by Crippen LogP contribution is -2.44. The van der Waals surface area contributed by atoms with Gasteiger partial charge in [0, 0.05) is 55.3 Å². The van der Waals surface area contributed by atoms with Crippen molar-refractivity contribution in [3.63, 3.8) is 0 Å². The maximum absolute atomic E-state index is 11.7. The van der Waals surface area contributed by atoms with Crippen LogP contribution in [0.5, 0.6) is 0 Å². The van der Waals surface area contributed by atoms with Crippen LogP contribution in [0, 0.1) is 0 Å². The molecular weight excluding hydrogens is 452 g/mol. The number of hydrogen-bond donors (Lipinski definition) is 2. The summed E-state index contributed by atoms with van der Waals surface area (Å²) in [5, 5.41) is 6.07. The first kappa shape index (κ1) is 24.7. The van der Waals surface area contributed by atoms with Crippen LogP contribution in [-0.2, 0) is 4.79 Å². The number of hydrogen-bond acceptors (Lipinski definition) is 8. The van der Waals surface area contributed by atoms with E-state index < -0.39 is 0 Å². The molecule has 1 fully saturated rings. The predicted molar refractivity (Wildman–Crippen MR) is 148 cm³/mol. The molecule has 1 amide bonds. The Kier molecular flexibility index (Phi) is 8.15. The molecule has 1 saturated heterocycles. The van der Waals surface area contributed by atoms with Crippen LogP contribution >= 0.6 is 0 Å². The lowest BCUT2D eigenvalue weighted by molar-refractivity contribution is -0.111. The van der Waals surface area contributed by atoms with Crippen molar-refractivity contribution in [1.82, 2.24) is 14.9 Å². The number of amides is 1. The van der Waals surface area contributed by atoms with Crippen LogP contribution in [0.4, 0.5) is 17.2 Å². The van der Waals surface area contributed by atoms with Gasteiger partial charge in [0.25, 0.3) is 0 Å². The zero-order valence-electron chi connectivity index (χ0n) is 20.4. The summed E-state index contributed by atoms with van der Waals surface area (Å²) in [5.74, 6) is 0.689. The van der Waals surface area contributed by atoms with Crippen LogP contribution in [0.1, 0.15) is 5.56 Å². The molecule has 2 aromatic heterocycles. The second-order valence-electron chi connectivity index (χ2n) is 8.40. The lowest BCUT2D eigenvalue weighted by atomic mass is 9.93. The molecule has 2 aliphatic rings. The molecule has 1 aliphatic carbocycles. The third-order valence-corrected chi connectivity index (χ3v) is 5.90. The van der Waals surface area contributed by atoms with E-state index in [1.165, 1.54) is 6.08 Å². The average molecular weight is 483 g/mol. The highest BCUT2D eigenvalue weighted by atomic mass is 16.1. The van der Waals surface area contributed by atoms with Crippen LogP contribution < -0.4 is 15.5 Å². The summed E-state index contributed by atoms with van der Waals surface area (Å²) in [4.78, 5) is 34.0. The number of aliphatic imine (C=N–C) groups is 2. The molecule has 0 aromatic carbocycles. The van der Waals surface area contributed by atoms with Gasteiger partial charge in [-0.3, -0.25) is 19.8 Å². The molecule has 2 aromatic rings. The van der Waals surface area contributed by atoms with E-state index in [4.69, 9.17) is 4.99 Å². The Morgan fingerprint density at radius 3 is 2.72 bits per heavy atom. The molecular formula is C27H30N8O. The Bertz CT molecular complexity index is 1230. The zero-order valence-corrected chi connectivity index (χ0v) is 20.4. The maximum Gasteiger partial charge on any atom is 0.247 e. The van der Waals surface area contributed by atoms with E-state index in [0.717, 1.165) is 60.1 Å². The molecule has 0 atom stereocenters. The molecule has 0 saturated carbocycles. The Labute approximate surface area is 211 Å². The molecule has 4 rings (SSSR count).